The lowest BCUT2D eigenvalue weighted by molar-refractivity contribution is 0.415. The lowest BCUT2D eigenvalue weighted by Gasteiger charge is -2.08. The minimum absolute atomic E-state index is 0.809. The summed E-state index contributed by atoms with van der Waals surface area (Å²) >= 11 is 0. The average molecular weight is 291 g/mol. The third kappa shape index (κ3) is 2.39. The van der Waals surface area contributed by atoms with Crippen LogP contribution in [-0.2, 0) is 0 Å². The fourth-order valence-corrected chi connectivity index (χ4v) is 2.56. The van der Waals surface area contributed by atoms with Gasteiger partial charge in [0.05, 0.1) is 12.6 Å². The Hall–Kier alpha value is -2.88. The maximum absolute atomic E-state index is 5.67. The second kappa shape index (κ2) is 5.85. The van der Waals surface area contributed by atoms with Crippen LogP contribution in [0.1, 0.15) is 5.56 Å². The molecule has 3 rings (SSSR count). The highest BCUT2D eigenvalue weighted by Gasteiger charge is 2.06. The molecule has 1 heterocycles. The van der Waals surface area contributed by atoms with Crippen molar-refractivity contribution in [2.24, 2.45) is 10.7 Å². The van der Waals surface area contributed by atoms with Gasteiger partial charge in [-0.3, -0.25) is 9.98 Å². The van der Waals surface area contributed by atoms with Gasteiger partial charge in [0.2, 0.25) is 0 Å². The standard InChI is InChI=1S/C18H17N3O/c1-20-10-14(9-19)12-3-5-16-13(7-12)11-21-18-8-15(22-2)4-6-17(16)18/h3-11H,19H2,1-2H3/b14-9+,20-10?. The van der Waals surface area contributed by atoms with Crippen molar-refractivity contribution >= 4 is 33.5 Å². The summed E-state index contributed by atoms with van der Waals surface area (Å²) in [4.78, 5) is 8.56. The highest BCUT2D eigenvalue weighted by atomic mass is 16.5. The van der Waals surface area contributed by atoms with E-state index < -0.39 is 0 Å². The molecule has 0 atom stereocenters. The minimum Gasteiger partial charge on any atom is -0.497 e. The van der Waals surface area contributed by atoms with Gasteiger partial charge in [-0.1, -0.05) is 12.1 Å². The Morgan fingerprint density at radius 1 is 1.18 bits per heavy atom. The lowest BCUT2D eigenvalue weighted by atomic mass is 10.0. The number of hydrogen-bond donors (Lipinski definition) is 1. The highest BCUT2D eigenvalue weighted by molar-refractivity contribution is 6.12. The molecule has 0 radical (unpaired) electrons. The van der Waals surface area contributed by atoms with Crippen molar-refractivity contribution < 1.29 is 4.74 Å². The van der Waals surface area contributed by atoms with E-state index in [0.717, 1.165) is 38.6 Å². The van der Waals surface area contributed by atoms with Gasteiger partial charge < -0.3 is 10.5 Å². The van der Waals surface area contributed by atoms with E-state index in [4.69, 9.17) is 10.5 Å². The Kier molecular flexibility index (Phi) is 3.74. The normalized spacial score (nSPS) is 12.4. The highest BCUT2D eigenvalue weighted by Crippen LogP contribution is 2.28. The van der Waals surface area contributed by atoms with E-state index in [-0.39, 0.29) is 0 Å². The summed E-state index contributed by atoms with van der Waals surface area (Å²) in [6.45, 7) is 0. The van der Waals surface area contributed by atoms with Gasteiger partial charge in [0.15, 0.2) is 0 Å². The molecule has 0 spiro atoms. The van der Waals surface area contributed by atoms with Crippen molar-refractivity contribution in [1.29, 1.82) is 0 Å². The summed E-state index contributed by atoms with van der Waals surface area (Å²) in [6.07, 6.45) is 5.19. The van der Waals surface area contributed by atoms with E-state index in [9.17, 15) is 0 Å². The molecule has 0 aliphatic carbocycles. The maximum Gasteiger partial charge on any atom is 0.121 e. The maximum atomic E-state index is 5.67. The molecule has 0 saturated heterocycles. The molecule has 0 aliphatic heterocycles. The quantitative estimate of drug-likeness (QED) is 0.594. The Balaban J connectivity index is 2.20. The number of nitrogens with zero attached hydrogens (tertiary/aromatic N) is 2. The number of hydrogen-bond acceptors (Lipinski definition) is 4. The number of pyridine rings is 1. The van der Waals surface area contributed by atoms with E-state index in [1.165, 1.54) is 0 Å². The minimum atomic E-state index is 0.809. The zero-order valence-corrected chi connectivity index (χ0v) is 12.6. The Morgan fingerprint density at radius 2 is 2.00 bits per heavy atom. The molecule has 0 amide bonds. The van der Waals surface area contributed by atoms with E-state index in [0.29, 0.717) is 0 Å². The third-order valence-electron chi connectivity index (χ3n) is 3.67. The molecule has 0 aliphatic rings. The number of benzene rings is 2. The van der Waals surface area contributed by atoms with Crippen molar-refractivity contribution in [3.05, 3.63) is 54.4 Å². The first-order chi connectivity index (χ1) is 10.8. The number of fused-ring (bicyclic) bond motifs is 3. The molecule has 0 unspecified atom stereocenters. The molecule has 0 fully saturated rings. The predicted octanol–water partition coefficient (Wildman–Crippen LogP) is 3.40. The van der Waals surface area contributed by atoms with Crippen LogP contribution in [0.3, 0.4) is 0 Å². The van der Waals surface area contributed by atoms with Crippen LogP contribution in [0.15, 0.2) is 53.8 Å². The van der Waals surface area contributed by atoms with Gasteiger partial charge in [-0.2, -0.15) is 0 Å². The first-order valence-corrected chi connectivity index (χ1v) is 6.98. The SMILES string of the molecule is CN=C/C(=C\N)c1ccc2c(cnc3cc(OC)ccc32)c1. The third-order valence-corrected chi connectivity index (χ3v) is 3.67. The van der Waals surface area contributed by atoms with Crippen LogP contribution < -0.4 is 10.5 Å². The monoisotopic (exact) mass is 291 g/mol. The molecular formula is C18H17N3O. The summed E-state index contributed by atoms with van der Waals surface area (Å²) in [6, 6.07) is 12.1. The number of aromatic nitrogens is 1. The van der Waals surface area contributed by atoms with Gasteiger partial charge >= 0.3 is 0 Å². The molecule has 110 valence electrons. The van der Waals surface area contributed by atoms with Crippen LogP contribution in [0.2, 0.25) is 0 Å². The Labute approximate surface area is 128 Å². The molecule has 2 aromatic carbocycles. The Bertz CT molecular complexity index is 897. The number of nitrogens with two attached hydrogens (primary N) is 1. The smallest absolute Gasteiger partial charge is 0.121 e. The van der Waals surface area contributed by atoms with Crippen molar-refractivity contribution in [3.8, 4) is 5.75 Å². The van der Waals surface area contributed by atoms with Crippen molar-refractivity contribution in [2.45, 2.75) is 0 Å². The van der Waals surface area contributed by atoms with Gasteiger partial charge in [0.1, 0.15) is 5.75 Å². The zero-order chi connectivity index (χ0) is 15.5. The van der Waals surface area contributed by atoms with Crippen LogP contribution in [-0.4, -0.2) is 25.4 Å². The molecule has 3 aromatic rings. The molecular weight excluding hydrogens is 274 g/mol. The van der Waals surface area contributed by atoms with Gasteiger partial charge in [-0.15, -0.1) is 0 Å². The van der Waals surface area contributed by atoms with E-state index >= 15 is 0 Å². The molecule has 4 heteroatoms. The van der Waals surface area contributed by atoms with Crippen LogP contribution in [0.4, 0.5) is 0 Å². The zero-order valence-electron chi connectivity index (χ0n) is 12.6. The van der Waals surface area contributed by atoms with Gasteiger partial charge in [-0.25, -0.2) is 0 Å². The second-order valence-corrected chi connectivity index (χ2v) is 4.95. The molecule has 0 bridgehead atoms. The summed E-state index contributed by atoms with van der Waals surface area (Å²) in [7, 11) is 3.39. The van der Waals surface area contributed by atoms with Gasteiger partial charge in [0, 0.05) is 48.1 Å². The molecule has 1 aromatic heterocycles. The largest absolute Gasteiger partial charge is 0.497 e. The van der Waals surface area contributed by atoms with Crippen LogP contribution in [0, 0.1) is 0 Å². The number of allylic oxidation sites excluding steroid dienone is 1. The van der Waals surface area contributed by atoms with E-state index in [1.807, 2.05) is 30.5 Å². The fourth-order valence-electron chi connectivity index (χ4n) is 2.56. The summed E-state index contributed by atoms with van der Waals surface area (Å²) < 4.78 is 5.25. The van der Waals surface area contributed by atoms with Crippen molar-refractivity contribution in [2.75, 3.05) is 14.2 Å². The second-order valence-electron chi connectivity index (χ2n) is 4.95. The number of methoxy groups -OCH3 is 1. The molecule has 4 nitrogen and oxygen atoms in total. The number of aliphatic imine (C=N–C) groups is 1. The van der Waals surface area contributed by atoms with Crippen molar-refractivity contribution in [1.82, 2.24) is 4.98 Å². The van der Waals surface area contributed by atoms with Gasteiger partial charge in [0.25, 0.3) is 0 Å². The molecule has 22 heavy (non-hydrogen) atoms. The number of rotatable bonds is 3. The average Bonchev–Trinajstić information content (AvgIpc) is 2.58. The lowest BCUT2D eigenvalue weighted by Crippen LogP contribution is -1.92. The van der Waals surface area contributed by atoms with Crippen molar-refractivity contribution in [3.63, 3.8) is 0 Å². The van der Waals surface area contributed by atoms with Crippen LogP contribution in [0.5, 0.6) is 5.75 Å². The Morgan fingerprint density at radius 3 is 2.73 bits per heavy atom. The van der Waals surface area contributed by atoms with Crippen LogP contribution in [0.25, 0.3) is 27.2 Å². The summed E-state index contributed by atoms with van der Waals surface area (Å²) in [5.41, 5.74) is 8.51. The fraction of sp³-hybridized carbons (Fsp3) is 0.111. The van der Waals surface area contributed by atoms with E-state index in [2.05, 4.69) is 22.1 Å². The topological polar surface area (TPSA) is 60.5 Å². The van der Waals surface area contributed by atoms with Gasteiger partial charge in [-0.05, 0) is 29.1 Å². The first-order valence-electron chi connectivity index (χ1n) is 6.98. The predicted molar refractivity (Wildman–Crippen MR) is 92.4 cm³/mol. The first kappa shape index (κ1) is 14.1. The summed E-state index contributed by atoms with van der Waals surface area (Å²) in [5, 5.41) is 3.33. The number of ether oxygens (including phenoxy) is 1. The van der Waals surface area contributed by atoms with E-state index in [1.54, 1.807) is 26.6 Å². The molecule has 2 N–H and O–H groups in total. The van der Waals surface area contributed by atoms with Crippen LogP contribution >= 0.6 is 0 Å². The molecule has 0 saturated carbocycles. The summed E-state index contributed by atoms with van der Waals surface area (Å²) in [5.74, 6) is 0.809.